The van der Waals surface area contributed by atoms with Gasteiger partial charge >= 0.3 is 11.9 Å². The number of esters is 2. The lowest BCUT2D eigenvalue weighted by Gasteiger charge is -2.26. The first-order chi connectivity index (χ1) is 49.6. The zero-order valence-electron chi connectivity index (χ0n) is 65.5. The summed E-state index contributed by atoms with van der Waals surface area (Å²) in [6.45, 7) is 4.50. The topological polar surface area (TPSA) is 111 Å². The fourth-order valence-electron chi connectivity index (χ4n) is 11.0. The van der Waals surface area contributed by atoms with E-state index in [9.17, 15) is 19.5 Å². The van der Waals surface area contributed by atoms with Crippen LogP contribution in [0.4, 0.5) is 0 Å². The Labute approximate surface area is 621 Å². The molecule has 101 heavy (non-hydrogen) atoms. The monoisotopic (exact) mass is 1400 g/mol. The third-order valence-corrected chi connectivity index (χ3v) is 17.1. The maximum absolute atomic E-state index is 13.0. The molecule has 0 spiro atoms. The molecule has 0 heterocycles. The number of nitrogens with zero attached hydrogens (tertiary/aromatic N) is 1. The Hall–Kier alpha value is -5.61. The average Bonchev–Trinajstić information content (AvgIpc) is 1.25. The lowest BCUT2D eigenvalue weighted by molar-refractivity contribution is -0.870. The number of ether oxygens (including phenoxy) is 4. The van der Waals surface area contributed by atoms with Gasteiger partial charge in [-0.1, -0.05) is 357 Å². The fraction of sp³-hybridized carbons (Fsp3) is 0.641. The van der Waals surface area contributed by atoms with Crippen molar-refractivity contribution < 1.29 is 42.9 Å². The number of likely N-dealkylation sites (N-methyl/N-ethyl adjacent to an activating group) is 1. The van der Waals surface area contributed by atoms with E-state index in [1.54, 1.807) is 0 Å². The molecular formula is C92H151NO8. The number of aliphatic carboxylic acids is 1. The number of hydrogen-bond donors (Lipinski definition) is 0. The van der Waals surface area contributed by atoms with Crippen LogP contribution in [-0.4, -0.2) is 82.3 Å². The molecule has 2 atom stereocenters. The molecule has 0 aliphatic heterocycles. The highest BCUT2D eigenvalue weighted by atomic mass is 16.7. The normalized spacial score (nSPS) is 13.6. The van der Waals surface area contributed by atoms with Gasteiger partial charge in [-0.3, -0.25) is 9.59 Å². The van der Waals surface area contributed by atoms with Gasteiger partial charge in [-0.2, -0.15) is 0 Å². The zero-order valence-corrected chi connectivity index (χ0v) is 65.5. The number of hydrogen-bond acceptors (Lipinski definition) is 8. The highest BCUT2D eigenvalue weighted by Crippen LogP contribution is 2.18. The molecule has 0 aromatic rings. The highest BCUT2D eigenvalue weighted by molar-refractivity contribution is 5.70. The van der Waals surface area contributed by atoms with Gasteiger partial charge in [0.2, 0.25) is 0 Å². The van der Waals surface area contributed by atoms with Gasteiger partial charge in [-0.25, -0.2) is 0 Å². The number of carbonyl (C=O) groups is 3. The van der Waals surface area contributed by atoms with E-state index in [0.29, 0.717) is 17.4 Å². The van der Waals surface area contributed by atoms with Crippen LogP contribution in [0.25, 0.3) is 0 Å². The molecule has 0 aliphatic rings. The minimum Gasteiger partial charge on any atom is -0.545 e. The Morgan fingerprint density at radius 3 is 0.792 bits per heavy atom. The molecule has 0 bridgehead atoms. The van der Waals surface area contributed by atoms with Crippen LogP contribution in [-0.2, 0) is 33.3 Å². The summed E-state index contributed by atoms with van der Waals surface area (Å²) in [7, 11) is 5.92. The number of quaternary nitrogens is 1. The van der Waals surface area contributed by atoms with Crippen molar-refractivity contribution in [1.82, 2.24) is 0 Å². The van der Waals surface area contributed by atoms with Crippen molar-refractivity contribution in [3.05, 3.63) is 182 Å². The smallest absolute Gasteiger partial charge is 0.306 e. The third-order valence-electron chi connectivity index (χ3n) is 17.1. The van der Waals surface area contributed by atoms with E-state index in [4.69, 9.17) is 18.9 Å². The molecule has 0 amide bonds. The molecule has 0 saturated carbocycles. The Balaban J connectivity index is 4.08. The number of rotatable bonds is 74. The minimum atomic E-state index is -1.64. The van der Waals surface area contributed by atoms with Gasteiger partial charge in [0.25, 0.3) is 0 Å². The van der Waals surface area contributed by atoms with E-state index in [2.05, 4.69) is 196 Å². The summed E-state index contributed by atoms with van der Waals surface area (Å²) in [5, 5.41) is 11.9. The lowest BCUT2D eigenvalue weighted by Crippen LogP contribution is -2.44. The predicted molar refractivity (Wildman–Crippen MR) is 435 cm³/mol. The van der Waals surface area contributed by atoms with E-state index in [1.165, 1.54) is 148 Å². The second-order valence-corrected chi connectivity index (χ2v) is 27.9. The molecule has 9 nitrogen and oxygen atoms in total. The second-order valence-electron chi connectivity index (χ2n) is 27.9. The molecule has 0 aromatic carbocycles. The van der Waals surface area contributed by atoms with Gasteiger partial charge in [-0.15, -0.1) is 0 Å². The maximum atomic E-state index is 13.0. The summed E-state index contributed by atoms with van der Waals surface area (Å²) < 4.78 is 22.8. The van der Waals surface area contributed by atoms with Crippen molar-refractivity contribution in [1.29, 1.82) is 0 Å². The van der Waals surface area contributed by atoms with Crippen molar-refractivity contribution in [3.63, 3.8) is 0 Å². The van der Waals surface area contributed by atoms with Gasteiger partial charge in [-0.05, 0) is 135 Å². The fourth-order valence-corrected chi connectivity index (χ4v) is 11.0. The first-order valence-corrected chi connectivity index (χ1v) is 40.9. The third kappa shape index (κ3) is 81.6. The van der Waals surface area contributed by atoms with Crippen molar-refractivity contribution >= 4 is 17.9 Å². The number of carboxylic acid groups (broad SMARTS) is 1. The first kappa shape index (κ1) is 95.4. The summed E-state index contributed by atoms with van der Waals surface area (Å²) in [6, 6.07) is 0. The summed E-state index contributed by atoms with van der Waals surface area (Å²) in [4.78, 5) is 37.6. The van der Waals surface area contributed by atoms with E-state index in [0.717, 1.165) is 141 Å². The van der Waals surface area contributed by atoms with Crippen LogP contribution in [0.3, 0.4) is 0 Å². The zero-order chi connectivity index (χ0) is 73.2. The lowest BCUT2D eigenvalue weighted by atomic mass is 10.0. The van der Waals surface area contributed by atoms with E-state index in [1.807, 2.05) is 21.1 Å². The van der Waals surface area contributed by atoms with E-state index >= 15 is 0 Å². The predicted octanol–water partition coefficient (Wildman–Crippen LogP) is 25.4. The van der Waals surface area contributed by atoms with Gasteiger partial charge in [0.15, 0.2) is 12.4 Å². The van der Waals surface area contributed by atoms with Crippen molar-refractivity contribution in [2.45, 2.75) is 334 Å². The summed E-state index contributed by atoms with van der Waals surface area (Å²) >= 11 is 0. The van der Waals surface area contributed by atoms with Gasteiger partial charge in [0.05, 0.1) is 40.3 Å². The molecular weight excluding hydrogens is 1250 g/mol. The van der Waals surface area contributed by atoms with Crippen LogP contribution in [0.2, 0.25) is 0 Å². The Morgan fingerprint density at radius 2 is 0.535 bits per heavy atom. The molecule has 0 saturated heterocycles. The van der Waals surface area contributed by atoms with Gasteiger partial charge in [0.1, 0.15) is 13.2 Å². The Kier molecular flexibility index (Phi) is 75.6. The van der Waals surface area contributed by atoms with E-state index in [-0.39, 0.29) is 38.6 Å². The standard InChI is InChI=1S/C92H151NO8/c1-6-8-10-12-14-16-18-20-22-24-26-28-30-32-34-36-38-40-42-43-44-45-46-47-49-50-52-54-56-58-60-62-64-66-68-70-72-74-76-78-80-82-89(94)99-86-88(87-100-92(91(96)97)98-85-84-93(3,4)5)101-90(95)83-81-79-77-75-73-71-69-67-65-63-61-59-57-55-53-51-48-41-39-37-35-33-31-29-27-25-23-21-19-17-15-13-11-9-7-2/h8-11,14-17,20-23,26-29,32-35,39,41,51,53,57,59,63,65,69,71,88,92H,6-7,12-13,18-19,24-25,30-31,36-38,40,42-50,52,54-56,58,60-62,64,66-68,70,72-87H2,1-5H3/b10-8-,11-9-,16-14-,17-15-,22-20-,23-21-,28-26-,29-27-,34-32-,35-33-,41-39-,53-51-,59-57-,65-63-,71-69-. The number of carbonyl (C=O) groups excluding carboxylic acids is 3. The molecule has 0 aliphatic carbocycles. The van der Waals surface area contributed by atoms with Crippen LogP contribution in [0.15, 0.2) is 182 Å². The Bertz CT molecular complexity index is 2330. The molecule has 0 radical (unpaired) electrons. The quantitative estimate of drug-likeness (QED) is 0.0195. The molecule has 0 rings (SSSR count). The SMILES string of the molecule is CC/C=C\C/C=C\C/C=C\C/C=C\C/C=C\C/C=C\C/C=C\C/C=C\C/C=C\C/C=C\CCCCCCC(=O)OC(COC(=O)CCCCCCCCCCCCCCCCCCCCCCCCCCC/C=C\C/C=C\C/C=C\C/C=C\C/C=C\CC)COC(OCC[N+](C)(C)C)C(=O)[O-]. The largest absolute Gasteiger partial charge is 0.545 e. The van der Waals surface area contributed by atoms with Gasteiger partial charge < -0.3 is 33.3 Å². The van der Waals surface area contributed by atoms with Crippen LogP contribution in [0.1, 0.15) is 322 Å². The Morgan fingerprint density at radius 1 is 0.297 bits per heavy atom. The minimum absolute atomic E-state index is 0.135. The van der Waals surface area contributed by atoms with Crippen LogP contribution in [0, 0.1) is 0 Å². The molecule has 9 heteroatoms. The summed E-state index contributed by atoms with van der Waals surface area (Å²) in [5.74, 6) is -2.32. The van der Waals surface area contributed by atoms with E-state index < -0.39 is 24.3 Å². The van der Waals surface area contributed by atoms with Crippen molar-refractivity contribution in [2.75, 3.05) is 47.5 Å². The first-order valence-electron chi connectivity index (χ1n) is 40.9. The van der Waals surface area contributed by atoms with Crippen LogP contribution >= 0.6 is 0 Å². The van der Waals surface area contributed by atoms with Crippen molar-refractivity contribution in [3.8, 4) is 0 Å². The molecule has 0 aromatic heterocycles. The molecule has 2 unspecified atom stereocenters. The van der Waals surface area contributed by atoms with Crippen LogP contribution in [0.5, 0.6) is 0 Å². The van der Waals surface area contributed by atoms with Gasteiger partial charge in [0, 0.05) is 12.8 Å². The number of carboxylic acids is 1. The van der Waals surface area contributed by atoms with Crippen molar-refractivity contribution in [2.24, 2.45) is 0 Å². The van der Waals surface area contributed by atoms with Crippen LogP contribution < -0.4 is 5.11 Å². The number of unbranched alkanes of at least 4 members (excludes halogenated alkanes) is 29. The molecule has 572 valence electrons. The summed E-state index contributed by atoms with van der Waals surface area (Å²) in [6.07, 6.45) is 119. The average molecular weight is 1400 g/mol. The number of allylic oxidation sites excluding steroid dienone is 30. The second kappa shape index (κ2) is 80.1. The molecule has 0 N–H and O–H groups in total. The summed E-state index contributed by atoms with van der Waals surface area (Å²) in [5.41, 5.74) is 0. The molecule has 0 fully saturated rings. The highest BCUT2D eigenvalue weighted by Gasteiger charge is 2.22. The maximum Gasteiger partial charge on any atom is 0.306 e.